The molecule has 2 aromatic carbocycles. The highest BCUT2D eigenvalue weighted by Gasteiger charge is 2.33. The predicted molar refractivity (Wildman–Crippen MR) is 107 cm³/mol. The SMILES string of the molecule is COc1ccc(N(C)CCNC(=S)Nc2ccc(Cl)c(C(F)(F)F)c2)cc1. The number of alkyl halides is 3. The summed E-state index contributed by atoms with van der Waals surface area (Å²) in [5.41, 5.74) is 0.313. The average Bonchev–Trinajstić information content (AvgIpc) is 2.62. The molecule has 4 nitrogen and oxygen atoms in total. The number of rotatable bonds is 6. The summed E-state index contributed by atoms with van der Waals surface area (Å²) in [6, 6.07) is 11.2. The molecular weight excluding hydrogens is 399 g/mol. The molecule has 0 amide bonds. The molecule has 0 bridgehead atoms. The Bertz CT molecular complexity index is 784. The maximum Gasteiger partial charge on any atom is 0.417 e. The van der Waals surface area contributed by atoms with Crippen molar-refractivity contribution in [2.45, 2.75) is 6.18 Å². The zero-order chi connectivity index (χ0) is 20.0. The van der Waals surface area contributed by atoms with Crippen LogP contribution < -0.4 is 20.3 Å². The van der Waals surface area contributed by atoms with Gasteiger partial charge in [0.25, 0.3) is 0 Å². The maximum absolute atomic E-state index is 12.9. The molecule has 2 N–H and O–H groups in total. The van der Waals surface area contributed by atoms with Crippen molar-refractivity contribution in [3.8, 4) is 5.75 Å². The Kier molecular flexibility index (Phi) is 7.15. The van der Waals surface area contributed by atoms with E-state index in [-0.39, 0.29) is 15.8 Å². The first-order valence-corrected chi connectivity index (χ1v) is 8.76. The van der Waals surface area contributed by atoms with Crippen molar-refractivity contribution in [3.05, 3.63) is 53.1 Å². The number of halogens is 4. The Balaban J connectivity index is 1.85. The summed E-state index contributed by atoms with van der Waals surface area (Å²) in [6.45, 7) is 1.15. The molecule has 0 unspecified atom stereocenters. The highest BCUT2D eigenvalue weighted by Crippen LogP contribution is 2.36. The molecule has 0 spiro atoms. The molecule has 2 aromatic rings. The normalized spacial score (nSPS) is 11.0. The van der Waals surface area contributed by atoms with E-state index in [0.717, 1.165) is 17.5 Å². The van der Waals surface area contributed by atoms with Crippen LogP contribution in [0.1, 0.15) is 5.56 Å². The summed E-state index contributed by atoms with van der Waals surface area (Å²) in [7, 11) is 3.53. The van der Waals surface area contributed by atoms with Crippen molar-refractivity contribution < 1.29 is 17.9 Å². The molecule has 0 atom stereocenters. The van der Waals surface area contributed by atoms with Gasteiger partial charge in [-0.15, -0.1) is 0 Å². The molecule has 0 heterocycles. The van der Waals surface area contributed by atoms with Gasteiger partial charge < -0.3 is 20.3 Å². The Morgan fingerprint density at radius 3 is 2.44 bits per heavy atom. The maximum atomic E-state index is 12.9. The Labute approximate surface area is 166 Å². The predicted octanol–water partition coefficient (Wildman–Crippen LogP) is 4.79. The fraction of sp³-hybridized carbons (Fsp3) is 0.278. The third-order valence-corrected chi connectivity index (χ3v) is 4.35. The third kappa shape index (κ3) is 6.18. The molecule has 0 saturated carbocycles. The van der Waals surface area contributed by atoms with Gasteiger partial charge in [-0.1, -0.05) is 11.6 Å². The van der Waals surface area contributed by atoms with Gasteiger partial charge in [0.15, 0.2) is 5.11 Å². The van der Waals surface area contributed by atoms with Gasteiger partial charge in [-0.05, 0) is 54.7 Å². The fourth-order valence-corrected chi connectivity index (χ4v) is 2.74. The van der Waals surface area contributed by atoms with Gasteiger partial charge >= 0.3 is 6.18 Å². The quantitative estimate of drug-likeness (QED) is 0.661. The lowest BCUT2D eigenvalue weighted by molar-refractivity contribution is -0.137. The number of hydrogen-bond acceptors (Lipinski definition) is 3. The molecule has 0 aliphatic carbocycles. The van der Waals surface area contributed by atoms with Crippen molar-refractivity contribution in [1.82, 2.24) is 5.32 Å². The van der Waals surface area contributed by atoms with Gasteiger partial charge in [-0.2, -0.15) is 13.2 Å². The van der Waals surface area contributed by atoms with Crippen LogP contribution in [0.15, 0.2) is 42.5 Å². The van der Waals surface area contributed by atoms with Gasteiger partial charge in [-0.3, -0.25) is 0 Å². The molecule has 0 radical (unpaired) electrons. The van der Waals surface area contributed by atoms with E-state index in [1.54, 1.807) is 7.11 Å². The van der Waals surface area contributed by atoms with Crippen LogP contribution in [0, 0.1) is 0 Å². The van der Waals surface area contributed by atoms with Crippen molar-refractivity contribution in [2.75, 3.05) is 37.5 Å². The molecule has 2 rings (SSSR count). The molecule has 9 heteroatoms. The number of benzene rings is 2. The second-order valence-corrected chi connectivity index (χ2v) is 6.51. The average molecular weight is 418 g/mol. The lowest BCUT2D eigenvalue weighted by Gasteiger charge is -2.20. The van der Waals surface area contributed by atoms with Gasteiger partial charge in [0.2, 0.25) is 0 Å². The van der Waals surface area contributed by atoms with Crippen LogP contribution in [0.4, 0.5) is 24.5 Å². The molecular formula is C18H19ClF3N3OS. The largest absolute Gasteiger partial charge is 0.497 e. The Morgan fingerprint density at radius 2 is 1.85 bits per heavy atom. The molecule has 0 saturated heterocycles. The second kappa shape index (κ2) is 9.14. The summed E-state index contributed by atoms with van der Waals surface area (Å²) in [5, 5.41) is 5.58. The smallest absolute Gasteiger partial charge is 0.417 e. The number of anilines is 2. The van der Waals surface area contributed by atoms with Crippen molar-refractivity contribution in [3.63, 3.8) is 0 Å². The van der Waals surface area contributed by atoms with Crippen LogP contribution in [-0.2, 0) is 6.18 Å². The Hall–Kier alpha value is -2.19. The van der Waals surface area contributed by atoms with E-state index in [4.69, 9.17) is 28.6 Å². The van der Waals surface area contributed by atoms with Gasteiger partial charge in [-0.25, -0.2) is 0 Å². The number of hydrogen-bond donors (Lipinski definition) is 2. The molecule has 0 aromatic heterocycles. The summed E-state index contributed by atoms with van der Waals surface area (Å²) in [5.74, 6) is 0.775. The summed E-state index contributed by atoms with van der Waals surface area (Å²) < 4.78 is 43.8. The van der Waals surface area contributed by atoms with Gasteiger partial charge in [0.1, 0.15) is 5.75 Å². The van der Waals surface area contributed by atoms with Crippen LogP contribution in [0.5, 0.6) is 5.75 Å². The lowest BCUT2D eigenvalue weighted by atomic mass is 10.2. The van der Waals surface area contributed by atoms with E-state index in [0.29, 0.717) is 13.1 Å². The minimum atomic E-state index is -4.52. The standard InChI is InChI=1S/C18H19ClF3N3OS/c1-25(13-4-6-14(26-2)7-5-13)10-9-23-17(27)24-12-3-8-16(19)15(11-12)18(20,21)22/h3-8,11H,9-10H2,1-2H3,(H2,23,24,27). The summed E-state index contributed by atoms with van der Waals surface area (Å²) >= 11 is 10.7. The highest BCUT2D eigenvalue weighted by atomic mass is 35.5. The number of methoxy groups -OCH3 is 1. The summed E-state index contributed by atoms with van der Waals surface area (Å²) in [4.78, 5) is 2.01. The monoisotopic (exact) mass is 417 g/mol. The molecule has 27 heavy (non-hydrogen) atoms. The lowest BCUT2D eigenvalue weighted by Crippen LogP contribution is -2.35. The van der Waals surface area contributed by atoms with Crippen molar-refractivity contribution in [2.24, 2.45) is 0 Å². The third-order valence-electron chi connectivity index (χ3n) is 3.78. The first kappa shape index (κ1) is 21.1. The number of nitrogens with zero attached hydrogens (tertiary/aromatic N) is 1. The van der Waals surface area contributed by atoms with E-state index in [2.05, 4.69) is 10.6 Å². The minimum absolute atomic E-state index is 0.215. The van der Waals surface area contributed by atoms with E-state index in [1.165, 1.54) is 12.1 Å². The molecule has 0 aliphatic heterocycles. The zero-order valence-electron chi connectivity index (χ0n) is 14.7. The number of nitrogens with one attached hydrogen (secondary N) is 2. The van der Waals surface area contributed by atoms with E-state index >= 15 is 0 Å². The van der Waals surface area contributed by atoms with Gasteiger partial charge in [0, 0.05) is 31.5 Å². The van der Waals surface area contributed by atoms with E-state index in [1.807, 2.05) is 36.2 Å². The van der Waals surface area contributed by atoms with E-state index < -0.39 is 11.7 Å². The van der Waals surface area contributed by atoms with Crippen LogP contribution in [0.2, 0.25) is 5.02 Å². The van der Waals surface area contributed by atoms with Gasteiger partial charge in [0.05, 0.1) is 17.7 Å². The van der Waals surface area contributed by atoms with E-state index in [9.17, 15) is 13.2 Å². The van der Waals surface area contributed by atoms with Crippen LogP contribution in [-0.4, -0.2) is 32.4 Å². The Morgan fingerprint density at radius 1 is 1.19 bits per heavy atom. The molecule has 146 valence electrons. The first-order valence-electron chi connectivity index (χ1n) is 7.97. The number of ether oxygens (including phenoxy) is 1. The van der Waals surface area contributed by atoms with Crippen molar-refractivity contribution in [1.29, 1.82) is 0 Å². The number of likely N-dealkylation sites (N-methyl/N-ethyl adjacent to an activating group) is 1. The first-order chi connectivity index (χ1) is 12.7. The second-order valence-electron chi connectivity index (χ2n) is 5.69. The summed E-state index contributed by atoms with van der Waals surface area (Å²) in [6.07, 6.45) is -4.52. The van der Waals surface area contributed by atoms with Crippen LogP contribution in [0.3, 0.4) is 0 Å². The highest BCUT2D eigenvalue weighted by molar-refractivity contribution is 7.80. The fourth-order valence-electron chi connectivity index (χ4n) is 2.30. The van der Waals surface area contributed by atoms with Crippen LogP contribution >= 0.6 is 23.8 Å². The molecule has 0 fully saturated rings. The van der Waals surface area contributed by atoms with Crippen LogP contribution in [0.25, 0.3) is 0 Å². The zero-order valence-corrected chi connectivity index (χ0v) is 16.3. The van der Waals surface area contributed by atoms with Crippen molar-refractivity contribution >= 4 is 40.3 Å². The minimum Gasteiger partial charge on any atom is -0.497 e. The molecule has 0 aliphatic rings. The number of thiocarbonyl (C=S) groups is 1. The topological polar surface area (TPSA) is 36.5 Å².